The fourth-order valence-corrected chi connectivity index (χ4v) is 1.08. The lowest BCUT2D eigenvalue weighted by Crippen LogP contribution is -2.40. The Kier molecular flexibility index (Phi) is 6.52. The van der Waals surface area contributed by atoms with Crippen molar-refractivity contribution < 1.29 is 14.3 Å². The van der Waals surface area contributed by atoms with Crippen LogP contribution in [0.5, 0.6) is 0 Å². The number of nitrogens with two attached hydrogens (primary N) is 1. The van der Waals surface area contributed by atoms with Crippen LogP contribution in [0.3, 0.4) is 0 Å². The topological polar surface area (TPSA) is 61.5 Å². The molecule has 0 aromatic heterocycles. The smallest absolute Gasteiger partial charge is 0.335 e. The van der Waals surface area contributed by atoms with Crippen LogP contribution in [0.2, 0.25) is 0 Å². The van der Waals surface area contributed by atoms with Gasteiger partial charge in [0.25, 0.3) is 0 Å². The molecule has 1 atom stereocenters. The predicted octanol–water partition coefficient (Wildman–Crippen LogP) is 1.47. The number of ether oxygens (including phenoxy) is 2. The van der Waals surface area contributed by atoms with Crippen molar-refractivity contribution in [3.8, 4) is 0 Å². The first-order chi connectivity index (χ1) is 6.90. The fourth-order valence-electron chi connectivity index (χ4n) is 1.08. The third kappa shape index (κ3) is 7.33. The van der Waals surface area contributed by atoms with E-state index in [0.29, 0.717) is 19.6 Å². The molecule has 0 aliphatic carbocycles. The standard InChI is InChI=1S/C11H23NO3/c1-5-7-9(10(13)14-6-2)15-8-11(3,4)12/h9H,5-8,12H2,1-4H3. The van der Waals surface area contributed by atoms with Crippen LogP contribution >= 0.6 is 0 Å². The first-order valence-corrected chi connectivity index (χ1v) is 5.47. The molecule has 0 bridgehead atoms. The lowest BCUT2D eigenvalue weighted by Gasteiger charge is -2.22. The molecule has 4 heteroatoms. The highest BCUT2D eigenvalue weighted by Crippen LogP contribution is 2.08. The van der Waals surface area contributed by atoms with Gasteiger partial charge in [0.05, 0.1) is 13.2 Å². The molecule has 90 valence electrons. The van der Waals surface area contributed by atoms with E-state index in [0.717, 1.165) is 6.42 Å². The largest absolute Gasteiger partial charge is 0.464 e. The Morgan fingerprint density at radius 1 is 1.40 bits per heavy atom. The molecule has 1 unspecified atom stereocenters. The van der Waals surface area contributed by atoms with Gasteiger partial charge in [0, 0.05) is 5.54 Å². The first kappa shape index (κ1) is 14.4. The Balaban J connectivity index is 4.09. The van der Waals surface area contributed by atoms with Crippen LogP contribution in [-0.2, 0) is 14.3 Å². The molecule has 0 radical (unpaired) electrons. The second kappa shape index (κ2) is 6.80. The summed E-state index contributed by atoms with van der Waals surface area (Å²) in [5.74, 6) is -0.288. The summed E-state index contributed by atoms with van der Waals surface area (Å²) < 4.78 is 10.4. The SMILES string of the molecule is CCCC(OCC(C)(C)N)C(=O)OCC. The highest BCUT2D eigenvalue weighted by Gasteiger charge is 2.22. The maximum atomic E-state index is 11.5. The van der Waals surface area contributed by atoms with Crippen LogP contribution in [0.1, 0.15) is 40.5 Å². The minimum absolute atomic E-state index is 0.288. The molecule has 0 aromatic carbocycles. The molecule has 15 heavy (non-hydrogen) atoms. The molecular weight excluding hydrogens is 194 g/mol. The van der Waals surface area contributed by atoms with Crippen molar-refractivity contribution in [2.24, 2.45) is 5.73 Å². The van der Waals surface area contributed by atoms with Crippen molar-refractivity contribution in [1.82, 2.24) is 0 Å². The van der Waals surface area contributed by atoms with Gasteiger partial charge < -0.3 is 15.2 Å². The fraction of sp³-hybridized carbons (Fsp3) is 0.909. The van der Waals surface area contributed by atoms with E-state index in [4.69, 9.17) is 15.2 Å². The monoisotopic (exact) mass is 217 g/mol. The third-order valence-corrected chi connectivity index (χ3v) is 1.76. The van der Waals surface area contributed by atoms with Gasteiger partial charge >= 0.3 is 5.97 Å². The van der Waals surface area contributed by atoms with Crippen LogP contribution in [-0.4, -0.2) is 30.8 Å². The Morgan fingerprint density at radius 3 is 2.40 bits per heavy atom. The van der Waals surface area contributed by atoms with Crippen molar-refractivity contribution in [3.05, 3.63) is 0 Å². The van der Waals surface area contributed by atoms with E-state index in [1.54, 1.807) is 6.92 Å². The second-order valence-electron chi connectivity index (χ2n) is 4.33. The molecule has 0 fully saturated rings. The van der Waals surface area contributed by atoms with Gasteiger partial charge in [-0.2, -0.15) is 0 Å². The number of carbonyl (C=O) groups is 1. The Hall–Kier alpha value is -0.610. The summed E-state index contributed by atoms with van der Waals surface area (Å²) in [4.78, 5) is 11.5. The lowest BCUT2D eigenvalue weighted by atomic mass is 10.1. The molecule has 0 spiro atoms. The summed E-state index contributed by atoms with van der Waals surface area (Å²) >= 11 is 0. The summed E-state index contributed by atoms with van der Waals surface area (Å²) in [6.45, 7) is 8.25. The first-order valence-electron chi connectivity index (χ1n) is 5.47. The van der Waals surface area contributed by atoms with Crippen LogP contribution in [0.15, 0.2) is 0 Å². The van der Waals surface area contributed by atoms with Crippen molar-refractivity contribution in [2.75, 3.05) is 13.2 Å². The maximum Gasteiger partial charge on any atom is 0.335 e. The molecule has 0 aliphatic rings. The van der Waals surface area contributed by atoms with Gasteiger partial charge in [0.15, 0.2) is 6.10 Å². The van der Waals surface area contributed by atoms with Crippen LogP contribution in [0.4, 0.5) is 0 Å². The van der Waals surface area contributed by atoms with Crippen molar-refractivity contribution >= 4 is 5.97 Å². The van der Waals surface area contributed by atoms with Gasteiger partial charge in [-0.05, 0) is 27.2 Å². The minimum Gasteiger partial charge on any atom is -0.464 e. The number of hydrogen-bond acceptors (Lipinski definition) is 4. The van der Waals surface area contributed by atoms with Gasteiger partial charge in [0.1, 0.15) is 0 Å². The van der Waals surface area contributed by atoms with Crippen LogP contribution in [0.25, 0.3) is 0 Å². The molecular formula is C11H23NO3. The van der Waals surface area contributed by atoms with E-state index in [9.17, 15) is 4.79 Å². The molecule has 4 nitrogen and oxygen atoms in total. The summed E-state index contributed by atoms with van der Waals surface area (Å²) in [5.41, 5.74) is 5.36. The average Bonchev–Trinajstić information content (AvgIpc) is 2.11. The Morgan fingerprint density at radius 2 is 2.00 bits per heavy atom. The zero-order chi connectivity index (χ0) is 11.9. The van der Waals surface area contributed by atoms with Gasteiger partial charge in [0.2, 0.25) is 0 Å². The van der Waals surface area contributed by atoms with Gasteiger partial charge in [-0.15, -0.1) is 0 Å². The highest BCUT2D eigenvalue weighted by molar-refractivity contribution is 5.74. The molecule has 0 saturated carbocycles. The Labute approximate surface area is 92.1 Å². The zero-order valence-corrected chi connectivity index (χ0v) is 10.2. The molecule has 0 saturated heterocycles. The van der Waals surface area contributed by atoms with E-state index in [1.165, 1.54) is 0 Å². The van der Waals surface area contributed by atoms with E-state index in [-0.39, 0.29) is 5.97 Å². The van der Waals surface area contributed by atoms with Crippen molar-refractivity contribution in [1.29, 1.82) is 0 Å². The molecule has 0 heterocycles. The lowest BCUT2D eigenvalue weighted by molar-refractivity contribution is -0.158. The maximum absolute atomic E-state index is 11.5. The van der Waals surface area contributed by atoms with Crippen LogP contribution in [0, 0.1) is 0 Å². The van der Waals surface area contributed by atoms with E-state index < -0.39 is 11.6 Å². The van der Waals surface area contributed by atoms with Crippen LogP contribution < -0.4 is 5.73 Å². The molecule has 0 amide bonds. The number of esters is 1. The van der Waals surface area contributed by atoms with E-state index in [2.05, 4.69) is 0 Å². The molecule has 2 N–H and O–H groups in total. The summed E-state index contributed by atoms with van der Waals surface area (Å²) in [6.07, 6.45) is 1.08. The second-order valence-corrected chi connectivity index (χ2v) is 4.33. The average molecular weight is 217 g/mol. The predicted molar refractivity (Wildman–Crippen MR) is 59.5 cm³/mol. The van der Waals surface area contributed by atoms with E-state index in [1.807, 2.05) is 20.8 Å². The molecule has 0 rings (SSSR count). The normalized spacial score (nSPS) is 13.7. The number of hydrogen-bond donors (Lipinski definition) is 1. The summed E-state index contributed by atoms with van der Waals surface area (Å²) in [5, 5.41) is 0. The van der Waals surface area contributed by atoms with Crippen molar-refractivity contribution in [2.45, 2.75) is 52.2 Å². The number of rotatable bonds is 7. The molecule has 0 aliphatic heterocycles. The minimum atomic E-state index is -0.474. The zero-order valence-electron chi connectivity index (χ0n) is 10.2. The quantitative estimate of drug-likeness (QED) is 0.656. The third-order valence-electron chi connectivity index (χ3n) is 1.76. The summed E-state index contributed by atoms with van der Waals surface area (Å²) in [7, 11) is 0. The van der Waals surface area contributed by atoms with Gasteiger partial charge in [-0.1, -0.05) is 13.3 Å². The number of carbonyl (C=O) groups excluding carboxylic acids is 1. The highest BCUT2D eigenvalue weighted by atomic mass is 16.6. The van der Waals surface area contributed by atoms with Gasteiger partial charge in [-0.3, -0.25) is 0 Å². The van der Waals surface area contributed by atoms with Crippen molar-refractivity contribution in [3.63, 3.8) is 0 Å². The van der Waals surface area contributed by atoms with Gasteiger partial charge in [-0.25, -0.2) is 4.79 Å². The summed E-state index contributed by atoms with van der Waals surface area (Å²) in [6, 6.07) is 0. The Bertz CT molecular complexity index is 187. The van der Waals surface area contributed by atoms with E-state index >= 15 is 0 Å². The molecule has 0 aromatic rings.